The molecule has 58 valence electrons. The van der Waals surface area contributed by atoms with Crippen LogP contribution in [0, 0.1) is 0 Å². The molecule has 1 aromatic heterocycles. The molecule has 0 aliphatic rings. The Bertz CT molecular complexity index is 279. The van der Waals surface area contributed by atoms with E-state index in [0.29, 0.717) is 0 Å². The van der Waals surface area contributed by atoms with Crippen LogP contribution in [0.3, 0.4) is 0 Å². The lowest BCUT2D eigenvalue weighted by Crippen LogP contribution is -1.97. The summed E-state index contributed by atoms with van der Waals surface area (Å²) >= 11 is 0. The summed E-state index contributed by atoms with van der Waals surface area (Å²) in [6.07, 6.45) is 0.981. The first-order valence-electron chi connectivity index (χ1n) is 1.94. The van der Waals surface area contributed by atoms with Gasteiger partial charge in [-0.3, -0.25) is 9.65 Å². The van der Waals surface area contributed by atoms with Crippen LogP contribution in [0.15, 0.2) is 11.2 Å². The van der Waals surface area contributed by atoms with E-state index in [1.54, 1.807) is 0 Å². The lowest BCUT2D eigenvalue weighted by Gasteiger charge is -1.81. The van der Waals surface area contributed by atoms with Crippen molar-refractivity contribution in [3.05, 3.63) is 6.20 Å². The zero-order valence-corrected chi connectivity index (χ0v) is 6.18. The smallest absolute Gasteiger partial charge is 0.281 e. The van der Waals surface area contributed by atoms with Gasteiger partial charge < -0.3 is 0 Å². The van der Waals surface area contributed by atoms with Gasteiger partial charge in [0.25, 0.3) is 0 Å². The number of hydrogen-bond acceptors (Lipinski definition) is 4. The summed E-state index contributed by atoms with van der Waals surface area (Å²) in [5.74, 6) is 0. The summed E-state index contributed by atoms with van der Waals surface area (Å²) in [7, 11) is -4.16. The lowest BCUT2D eigenvalue weighted by molar-refractivity contribution is 0.479. The van der Waals surface area contributed by atoms with E-state index in [4.69, 9.17) is 4.55 Å². The Kier molecular flexibility index (Phi) is 2.76. The molecule has 0 atom stereocenters. The monoisotopic (exact) mass is 185 g/mol. The number of H-pyrrole nitrogens is 1. The first-order chi connectivity index (χ1) is 4.11. The molecule has 0 aromatic carbocycles. The molecule has 0 bridgehead atoms. The van der Waals surface area contributed by atoms with Crippen molar-refractivity contribution in [1.82, 2.24) is 15.4 Å². The van der Waals surface area contributed by atoms with Gasteiger partial charge >= 0.3 is 10.1 Å². The first kappa shape index (κ1) is 9.34. The molecule has 0 spiro atoms. The zero-order valence-electron chi connectivity index (χ0n) is 4.55. The molecule has 10 heavy (non-hydrogen) atoms. The maximum Gasteiger partial charge on any atom is 0.315 e. The largest absolute Gasteiger partial charge is 0.315 e. The highest BCUT2D eigenvalue weighted by molar-refractivity contribution is 7.85. The molecule has 0 aliphatic carbocycles. The Balaban J connectivity index is 0.000000810. The number of halogens is 1. The van der Waals surface area contributed by atoms with Gasteiger partial charge in [0, 0.05) is 0 Å². The predicted octanol–water partition coefficient (Wildman–Crippen LogP) is -0.527. The molecule has 0 amide bonds. The van der Waals surface area contributed by atoms with Gasteiger partial charge in [0.1, 0.15) is 0 Å². The molecule has 1 rings (SSSR count). The number of aromatic amines is 1. The molecule has 2 N–H and O–H groups in total. The molecule has 0 radical (unpaired) electrons. The first-order valence-corrected chi connectivity index (χ1v) is 3.38. The third-order valence-corrected chi connectivity index (χ3v) is 1.39. The minimum Gasteiger partial charge on any atom is -0.281 e. The van der Waals surface area contributed by atoms with Crippen molar-refractivity contribution in [1.29, 1.82) is 0 Å². The number of rotatable bonds is 1. The van der Waals surface area contributed by atoms with Crippen molar-refractivity contribution >= 4 is 22.5 Å². The Hall–Kier alpha value is -0.660. The van der Waals surface area contributed by atoms with Crippen LogP contribution < -0.4 is 0 Å². The van der Waals surface area contributed by atoms with Crippen LogP contribution in [0.1, 0.15) is 0 Å². The lowest BCUT2D eigenvalue weighted by atomic mass is 11.0. The van der Waals surface area contributed by atoms with Gasteiger partial charge in [-0.15, -0.1) is 17.5 Å². The maximum atomic E-state index is 10.1. The Morgan fingerprint density at radius 3 is 2.40 bits per heavy atom. The molecule has 6 nitrogen and oxygen atoms in total. The van der Waals surface area contributed by atoms with Crippen molar-refractivity contribution in [2.75, 3.05) is 0 Å². The highest BCUT2D eigenvalue weighted by Crippen LogP contribution is 1.97. The molecule has 0 fully saturated rings. The van der Waals surface area contributed by atoms with Gasteiger partial charge in [-0.2, -0.15) is 8.42 Å². The second kappa shape index (κ2) is 2.95. The molecule has 0 saturated heterocycles. The number of nitrogens with one attached hydrogen (secondary N) is 1. The second-order valence-electron chi connectivity index (χ2n) is 1.29. The van der Waals surface area contributed by atoms with Gasteiger partial charge in [-0.25, -0.2) is 0 Å². The summed E-state index contributed by atoms with van der Waals surface area (Å²) in [5.41, 5.74) is 0. The molecule has 0 unspecified atom stereocenters. The molecular formula is C2H4ClN3O3S. The van der Waals surface area contributed by atoms with Crippen molar-refractivity contribution in [2.45, 2.75) is 5.03 Å². The van der Waals surface area contributed by atoms with Gasteiger partial charge in [0.15, 0.2) is 0 Å². The highest BCUT2D eigenvalue weighted by Gasteiger charge is 2.10. The fourth-order valence-corrected chi connectivity index (χ4v) is 0.663. The van der Waals surface area contributed by atoms with Gasteiger partial charge in [0.2, 0.25) is 5.03 Å². The summed E-state index contributed by atoms with van der Waals surface area (Å²) in [5, 5.41) is 7.78. The third-order valence-electron chi connectivity index (χ3n) is 0.659. The number of hydrogen-bond donors (Lipinski definition) is 2. The number of aromatic nitrogens is 3. The summed E-state index contributed by atoms with van der Waals surface area (Å²) in [6, 6.07) is 0. The molecule has 0 saturated carbocycles. The van der Waals surface area contributed by atoms with Crippen LogP contribution in [0.25, 0.3) is 0 Å². The average Bonchev–Trinajstić information content (AvgIpc) is 2.08. The van der Waals surface area contributed by atoms with Gasteiger partial charge in [0.05, 0.1) is 6.20 Å². The summed E-state index contributed by atoms with van der Waals surface area (Å²) in [6.45, 7) is 0. The quantitative estimate of drug-likeness (QED) is 0.574. The Morgan fingerprint density at radius 2 is 2.20 bits per heavy atom. The predicted molar refractivity (Wildman–Crippen MR) is 33.4 cm³/mol. The SMILES string of the molecule is Cl.O=S(=O)(O)c1c[nH]nn1. The normalized spacial score (nSPS) is 10.5. The van der Waals surface area contributed by atoms with Crippen molar-refractivity contribution < 1.29 is 13.0 Å². The Morgan fingerprint density at radius 1 is 1.60 bits per heavy atom. The van der Waals surface area contributed by atoms with E-state index >= 15 is 0 Å². The van der Waals surface area contributed by atoms with E-state index in [9.17, 15) is 8.42 Å². The van der Waals surface area contributed by atoms with Gasteiger partial charge in [-0.1, -0.05) is 5.21 Å². The Labute approximate surface area is 62.8 Å². The average molecular weight is 186 g/mol. The van der Waals surface area contributed by atoms with Crippen LogP contribution in [0.4, 0.5) is 0 Å². The molecule has 0 aliphatic heterocycles. The van der Waals surface area contributed by atoms with Crippen LogP contribution in [0.2, 0.25) is 0 Å². The maximum absolute atomic E-state index is 10.1. The van der Waals surface area contributed by atoms with Crippen LogP contribution >= 0.6 is 12.4 Å². The third kappa shape index (κ3) is 1.94. The van der Waals surface area contributed by atoms with Crippen LogP contribution in [-0.4, -0.2) is 28.4 Å². The van der Waals surface area contributed by atoms with Crippen molar-refractivity contribution in [2.24, 2.45) is 0 Å². The number of nitrogens with zero attached hydrogens (tertiary/aromatic N) is 2. The van der Waals surface area contributed by atoms with Gasteiger partial charge in [-0.05, 0) is 0 Å². The minimum absolute atomic E-state index is 0. The second-order valence-corrected chi connectivity index (χ2v) is 2.66. The fourth-order valence-electron chi connectivity index (χ4n) is 0.317. The molecule has 1 aromatic rings. The van der Waals surface area contributed by atoms with Crippen molar-refractivity contribution in [3.63, 3.8) is 0 Å². The topological polar surface area (TPSA) is 95.9 Å². The van der Waals surface area contributed by atoms with E-state index < -0.39 is 15.1 Å². The molecular weight excluding hydrogens is 182 g/mol. The fraction of sp³-hybridized carbons (Fsp3) is 0. The summed E-state index contributed by atoms with van der Waals surface area (Å²) < 4.78 is 28.5. The molecule has 8 heteroatoms. The van der Waals surface area contributed by atoms with E-state index in [-0.39, 0.29) is 12.4 Å². The highest BCUT2D eigenvalue weighted by atomic mass is 35.5. The van der Waals surface area contributed by atoms with Crippen LogP contribution in [0.5, 0.6) is 0 Å². The van der Waals surface area contributed by atoms with Crippen LogP contribution in [-0.2, 0) is 10.1 Å². The van der Waals surface area contributed by atoms with Crippen molar-refractivity contribution in [3.8, 4) is 0 Å². The van der Waals surface area contributed by atoms with E-state index in [0.717, 1.165) is 6.20 Å². The molecule has 1 heterocycles. The summed E-state index contributed by atoms with van der Waals surface area (Å²) in [4.78, 5) is 0. The zero-order chi connectivity index (χ0) is 6.91. The minimum atomic E-state index is -4.16. The van der Waals surface area contributed by atoms with E-state index in [2.05, 4.69) is 15.4 Å². The van der Waals surface area contributed by atoms with E-state index in [1.807, 2.05) is 0 Å². The standard InChI is InChI=1S/C2H3N3O3S.ClH/c6-9(7,8)2-1-3-5-4-2;/h1H,(H,3,4,5)(H,6,7,8);1H. The van der Waals surface area contributed by atoms with E-state index in [1.165, 1.54) is 0 Å².